The molecule has 0 radical (unpaired) electrons. The molecule has 2 aromatic rings. The molecule has 1 atom stereocenters. The standard InChI is InChI=1S/C17H20N2O2S.ClH/c18-17(14-5-2-1-3-6-14)12-19-22(20,21)16-10-9-13-7-4-8-15(13)11-16;/h1-3,5-6,9-11,17,19H,4,7-8,12,18H2;1H. The Morgan fingerprint density at radius 1 is 1.04 bits per heavy atom. The maximum atomic E-state index is 12.4. The van der Waals surface area contributed by atoms with Gasteiger partial charge >= 0.3 is 0 Å². The zero-order valence-corrected chi connectivity index (χ0v) is 14.4. The summed E-state index contributed by atoms with van der Waals surface area (Å²) < 4.78 is 27.4. The van der Waals surface area contributed by atoms with Gasteiger partial charge in [-0.05, 0) is 48.1 Å². The molecule has 1 aliphatic rings. The second kappa shape index (κ2) is 7.45. The molecular formula is C17H21ClN2O2S. The van der Waals surface area contributed by atoms with E-state index in [4.69, 9.17) is 5.73 Å². The first-order chi connectivity index (χ1) is 10.6. The maximum absolute atomic E-state index is 12.4. The van der Waals surface area contributed by atoms with Gasteiger partial charge in [-0.2, -0.15) is 0 Å². The van der Waals surface area contributed by atoms with Gasteiger partial charge < -0.3 is 5.73 Å². The van der Waals surface area contributed by atoms with Gasteiger partial charge in [-0.1, -0.05) is 36.4 Å². The molecule has 1 aliphatic carbocycles. The van der Waals surface area contributed by atoms with E-state index in [-0.39, 0.29) is 25.0 Å². The summed E-state index contributed by atoms with van der Waals surface area (Å²) in [6, 6.07) is 14.5. The highest BCUT2D eigenvalue weighted by molar-refractivity contribution is 7.89. The predicted molar refractivity (Wildman–Crippen MR) is 94.3 cm³/mol. The first-order valence-corrected chi connectivity index (χ1v) is 8.96. The average Bonchev–Trinajstić information content (AvgIpc) is 3.01. The summed E-state index contributed by atoms with van der Waals surface area (Å²) in [6.07, 6.45) is 3.11. The van der Waals surface area contributed by atoms with E-state index >= 15 is 0 Å². The van der Waals surface area contributed by atoms with Gasteiger partial charge in [-0.3, -0.25) is 0 Å². The largest absolute Gasteiger partial charge is 0.323 e. The second-order valence-electron chi connectivity index (χ2n) is 5.65. The number of sulfonamides is 1. The Kier molecular flexibility index (Phi) is 5.81. The lowest BCUT2D eigenvalue weighted by atomic mass is 10.1. The fourth-order valence-electron chi connectivity index (χ4n) is 2.82. The van der Waals surface area contributed by atoms with Gasteiger partial charge in [0.05, 0.1) is 4.90 Å². The molecule has 6 heteroatoms. The van der Waals surface area contributed by atoms with E-state index in [1.54, 1.807) is 12.1 Å². The van der Waals surface area contributed by atoms with Gasteiger partial charge in [-0.25, -0.2) is 13.1 Å². The van der Waals surface area contributed by atoms with E-state index < -0.39 is 10.0 Å². The van der Waals surface area contributed by atoms with E-state index in [2.05, 4.69) is 4.72 Å². The normalized spacial score (nSPS) is 14.8. The van der Waals surface area contributed by atoms with Crippen molar-refractivity contribution in [2.75, 3.05) is 6.54 Å². The Bertz CT molecular complexity index is 763. The molecule has 3 rings (SSSR count). The quantitative estimate of drug-likeness (QED) is 0.868. The molecule has 0 fully saturated rings. The van der Waals surface area contributed by atoms with Crippen LogP contribution in [0.15, 0.2) is 53.4 Å². The van der Waals surface area contributed by atoms with Crippen LogP contribution in [0.5, 0.6) is 0 Å². The Morgan fingerprint density at radius 2 is 1.74 bits per heavy atom. The van der Waals surface area contributed by atoms with Crippen molar-refractivity contribution in [2.24, 2.45) is 5.73 Å². The number of aryl methyl sites for hydroxylation is 2. The van der Waals surface area contributed by atoms with Crippen LogP contribution in [0, 0.1) is 0 Å². The summed E-state index contributed by atoms with van der Waals surface area (Å²) in [5.41, 5.74) is 9.37. The maximum Gasteiger partial charge on any atom is 0.240 e. The van der Waals surface area contributed by atoms with E-state index in [1.165, 1.54) is 5.56 Å². The zero-order valence-electron chi connectivity index (χ0n) is 12.7. The molecule has 2 aromatic carbocycles. The zero-order chi connectivity index (χ0) is 15.6. The van der Waals surface area contributed by atoms with Crippen LogP contribution in [-0.4, -0.2) is 15.0 Å². The van der Waals surface area contributed by atoms with E-state index in [0.717, 1.165) is 30.4 Å². The van der Waals surface area contributed by atoms with Gasteiger partial charge in [0.2, 0.25) is 10.0 Å². The molecule has 0 heterocycles. The van der Waals surface area contributed by atoms with Crippen LogP contribution in [0.25, 0.3) is 0 Å². The fraction of sp³-hybridized carbons (Fsp3) is 0.294. The van der Waals surface area contributed by atoms with Crippen molar-refractivity contribution in [3.8, 4) is 0 Å². The van der Waals surface area contributed by atoms with E-state index in [0.29, 0.717) is 4.90 Å². The van der Waals surface area contributed by atoms with E-state index in [9.17, 15) is 8.42 Å². The van der Waals surface area contributed by atoms with Crippen molar-refractivity contribution in [3.05, 3.63) is 65.2 Å². The van der Waals surface area contributed by atoms with Crippen LogP contribution in [0.2, 0.25) is 0 Å². The molecule has 0 bridgehead atoms. The monoisotopic (exact) mass is 352 g/mol. The summed E-state index contributed by atoms with van der Waals surface area (Å²) in [5.74, 6) is 0. The Hall–Kier alpha value is -1.40. The average molecular weight is 353 g/mol. The third kappa shape index (κ3) is 4.12. The molecule has 0 aromatic heterocycles. The van der Waals surface area contributed by atoms with Crippen LogP contribution in [0.4, 0.5) is 0 Å². The lowest BCUT2D eigenvalue weighted by Gasteiger charge is -2.14. The van der Waals surface area contributed by atoms with Gasteiger partial charge in [-0.15, -0.1) is 12.4 Å². The number of fused-ring (bicyclic) bond motifs is 1. The topological polar surface area (TPSA) is 72.2 Å². The van der Waals surface area contributed by atoms with Crippen molar-refractivity contribution in [1.82, 2.24) is 4.72 Å². The van der Waals surface area contributed by atoms with Crippen molar-refractivity contribution >= 4 is 22.4 Å². The van der Waals surface area contributed by atoms with Crippen LogP contribution in [0.3, 0.4) is 0 Å². The Balaban J connectivity index is 0.00000192. The smallest absolute Gasteiger partial charge is 0.240 e. The summed E-state index contributed by atoms with van der Waals surface area (Å²) in [4.78, 5) is 0.327. The Morgan fingerprint density at radius 3 is 2.48 bits per heavy atom. The minimum atomic E-state index is -3.51. The number of nitrogens with two attached hydrogens (primary N) is 1. The molecule has 0 spiro atoms. The van der Waals surface area contributed by atoms with Gasteiger partial charge in [0.15, 0.2) is 0 Å². The number of benzene rings is 2. The minimum absolute atomic E-state index is 0. The number of nitrogens with one attached hydrogen (secondary N) is 1. The van der Waals surface area contributed by atoms with Gasteiger partial charge in [0, 0.05) is 12.6 Å². The third-order valence-corrected chi connectivity index (χ3v) is 5.52. The molecule has 124 valence electrons. The first-order valence-electron chi connectivity index (χ1n) is 7.48. The summed E-state index contributed by atoms with van der Waals surface area (Å²) in [7, 11) is -3.51. The number of hydrogen-bond acceptors (Lipinski definition) is 3. The van der Waals surface area contributed by atoms with Crippen molar-refractivity contribution in [3.63, 3.8) is 0 Å². The van der Waals surface area contributed by atoms with Crippen LogP contribution >= 0.6 is 12.4 Å². The SMILES string of the molecule is Cl.NC(CNS(=O)(=O)c1ccc2c(c1)CCC2)c1ccccc1. The molecule has 4 nitrogen and oxygen atoms in total. The van der Waals surface area contributed by atoms with Crippen molar-refractivity contribution in [1.29, 1.82) is 0 Å². The van der Waals surface area contributed by atoms with Gasteiger partial charge in [0.25, 0.3) is 0 Å². The molecule has 23 heavy (non-hydrogen) atoms. The van der Waals surface area contributed by atoms with Crippen LogP contribution in [0.1, 0.15) is 29.2 Å². The fourth-order valence-corrected chi connectivity index (χ4v) is 3.93. The van der Waals surface area contributed by atoms with Crippen LogP contribution in [-0.2, 0) is 22.9 Å². The van der Waals surface area contributed by atoms with Crippen molar-refractivity contribution in [2.45, 2.75) is 30.2 Å². The first kappa shape index (κ1) is 17.9. The number of rotatable bonds is 5. The summed E-state index contributed by atoms with van der Waals surface area (Å²) in [6.45, 7) is 0.184. The highest BCUT2D eigenvalue weighted by atomic mass is 35.5. The number of hydrogen-bond donors (Lipinski definition) is 2. The van der Waals surface area contributed by atoms with E-state index in [1.807, 2.05) is 36.4 Å². The second-order valence-corrected chi connectivity index (χ2v) is 7.42. The molecule has 3 N–H and O–H groups in total. The lowest BCUT2D eigenvalue weighted by Crippen LogP contribution is -2.32. The molecule has 0 aliphatic heterocycles. The summed E-state index contributed by atoms with van der Waals surface area (Å²) >= 11 is 0. The van der Waals surface area contributed by atoms with Gasteiger partial charge in [0.1, 0.15) is 0 Å². The Labute approximate surface area is 143 Å². The third-order valence-electron chi connectivity index (χ3n) is 4.10. The molecule has 0 saturated carbocycles. The van der Waals surface area contributed by atoms with Crippen LogP contribution < -0.4 is 10.5 Å². The highest BCUT2D eigenvalue weighted by Crippen LogP contribution is 2.24. The summed E-state index contributed by atoms with van der Waals surface area (Å²) in [5, 5.41) is 0. The molecule has 0 saturated heterocycles. The minimum Gasteiger partial charge on any atom is -0.323 e. The molecular weight excluding hydrogens is 332 g/mol. The molecule has 0 amide bonds. The number of halogens is 1. The lowest BCUT2D eigenvalue weighted by molar-refractivity contribution is 0.572. The predicted octanol–water partition coefficient (Wildman–Crippen LogP) is 2.58. The highest BCUT2D eigenvalue weighted by Gasteiger charge is 2.19. The van der Waals surface area contributed by atoms with Crippen molar-refractivity contribution < 1.29 is 8.42 Å². The molecule has 1 unspecified atom stereocenters.